The number of nitrogens with zero attached hydrogens (tertiary/aromatic N) is 1. The Kier molecular flexibility index (Phi) is 3.63. The molecule has 2 atom stereocenters. The minimum Gasteiger partial charge on any atom is -0.482 e. The molecule has 0 radical (unpaired) electrons. The van der Waals surface area contributed by atoms with E-state index in [0.717, 1.165) is 5.69 Å². The summed E-state index contributed by atoms with van der Waals surface area (Å²) in [6.07, 6.45) is 3.59. The van der Waals surface area contributed by atoms with Crippen LogP contribution in [-0.2, 0) is 4.79 Å². The summed E-state index contributed by atoms with van der Waals surface area (Å²) >= 11 is 0. The molecule has 6 heteroatoms. The van der Waals surface area contributed by atoms with Crippen molar-refractivity contribution in [2.75, 3.05) is 23.1 Å². The van der Waals surface area contributed by atoms with Crippen molar-refractivity contribution in [2.24, 2.45) is 0 Å². The van der Waals surface area contributed by atoms with E-state index in [4.69, 9.17) is 10.5 Å². The molecule has 1 amide bonds. The van der Waals surface area contributed by atoms with Gasteiger partial charge >= 0.3 is 0 Å². The van der Waals surface area contributed by atoms with E-state index < -0.39 is 0 Å². The number of rotatable bonds is 2. The topological polar surface area (TPSA) is 79.6 Å². The third-order valence-corrected chi connectivity index (χ3v) is 4.23. The van der Waals surface area contributed by atoms with Gasteiger partial charge in [0.05, 0.1) is 17.1 Å². The molecular formula is C15H22N4O2. The Morgan fingerprint density at radius 3 is 2.76 bits per heavy atom. The first-order valence-electron chi connectivity index (χ1n) is 7.46. The molecule has 1 saturated heterocycles. The second-order valence-corrected chi connectivity index (χ2v) is 5.92. The van der Waals surface area contributed by atoms with Crippen LogP contribution in [0.5, 0.6) is 5.75 Å². The molecular weight excluding hydrogens is 268 g/mol. The first-order valence-corrected chi connectivity index (χ1v) is 7.46. The third-order valence-electron chi connectivity index (χ3n) is 4.23. The normalized spacial score (nSPS) is 25.7. The molecule has 6 nitrogen and oxygen atoms in total. The van der Waals surface area contributed by atoms with Crippen LogP contribution in [-0.4, -0.2) is 29.6 Å². The van der Waals surface area contributed by atoms with Gasteiger partial charge in [-0.1, -0.05) is 6.42 Å². The largest absolute Gasteiger partial charge is 0.482 e. The summed E-state index contributed by atoms with van der Waals surface area (Å²) in [6, 6.07) is 4.51. The number of fused-ring (bicyclic) bond motifs is 1. The predicted octanol–water partition coefficient (Wildman–Crippen LogP) is 2.19. The summed E-state index contributed by atoms with van der Waals surface area (Å²) < 4.78 is 5.37. The maximum absolute atomic E-state index is 11.4. The number of nitrogens with one attached hydrogen (secondary N) is 2. The SMILES string of the molecule is CC1CCCC(C)N1Nc1cc2c(cc1N)OCC(=O)N2. The van der Waals surface area contributed by atoms with Crippen molar-refractivity contribution in [3.05, 3.63) is 12.1 Å². The first kappa shape index (κ1) is 14.0. The molecule has 2 heterocycles. The number of carbonyl (C=O) groups is 1. The number of hydrogen-bond acceptors (Lipinski definition) is 5. The molecule has 3 rings (SSSR count). The fourth-order valence-electron chi connectivity index (χ4n) is 3.02. The molecule has 0 spiro atoms. The van der Waals surface area contributed by atoms with Crippen LogP contribution in [0.2, 0.25) is 0 Å². The van der Waals surface area contributed by atoms with Gasteiger partial charge < -0.3 is 21.2 Å². The van der Waals surface area contributed by atoms with Crippen LogP contribution in [0.1, 0.15) is 33.1 Å². The quantitative estimate of drug-likeness (QED) is 0.728. The highest BCUT2D eigenvalue weighted by atomic mass is 16.5. The Labute approximate surface area is 124 Å². The van der Waals surface area contributed by atoms with Gasteiger partial charge in [0, 0.05) is 18.2 Å². The summed E-state index contributed by atoms with van der Waals surface area (Å²) in [4.78, 5) is 11.4. The lowest BCUT2D eigenvalue weighted by Crippen LogP contribution is -2.47. The molecule has 0 saturated carbocycles. The van der Waals surface area contributed by atoms with Gasteiger partial charge in [0.2, 0.25) is 0 Å². The van der Waals surface area contributed by atoms with Gasteiger partial charge in [-0.25, -0.2) is 5.01 Å². The number of ether oxygens (including phenoxy) is 1. The van der Waals surface area contributed by atoms with Gasteiger partial charge in [0.25, 0.3) is 5.91 Å². The van der Waals surface area contributed by atoms with E-state index in [9.17, 15) is 4.79 Å². The number of carbonyl (C=O) groups excluding carboxylic acids is 1. The van der Waals surface area contributed by atoms with Crippen molar-refractivity contribution < 1.29 is 9.53 Å². The fourth-order valence-corrected chi connectivity index (χ4v) is 3.02. The molecule has 1 aromatic rings. The van der Waals surface area contributed by atoms with Crippen LogP contribution >= 0.6 is 0 Å². The maximum Gasteiger partial charge on any atom is 0.262 e. The van der Waals surface area contributed by atoms with Crippen LogP contribution < -0.4 is 21.2 Å². The van der Waals surface area contributed by atoms with Crippen molar-refractivity contribution in [2.45, 2.75) is 45.2 Å². The molecule has 114 valence electrons. The number of hydrazine groups is 1. The lowest BCUT2D eigenvalue weighted by molar-refractivity contribution is -0.118. The molecule has 0 aliphatic carbocycles. The van der Waals surface area contributed by atoms with E-state index in [0.29, 0.717) is 29.2 Å². The predicted molar refractivity (Wildman–Crippen MR) is 83.2 cm³/mol. The number of hydrogen-bond donors (Lipinski definition) is 3. The van der Waals surface area contributed by atoms with E-state index in [1.165, 1.54) is 19.3 Å². The molecule has 21 heavy (non-hydrogen) atoms. The lowest BCUT2D eigenvalue weighted by atomic mass is 10.00. The smallest absolute Gasteiger partial charge is 0.262 e. The standard InChI is InChI=1S/C15H22N4O2/c1-9-4-3-5-10(2)19(9)18-12-7-13-14(6-11(12)16)21-8-15(20)17-13/h6-7,9-10,18H,3-5,8,16H2,1-2H3,(H,17,20). The second kappa shape index (κ2) is 5.44. The zero-order valence-corrected chi connectivity index (χ0v) is 12.5. The van der Waals surface area contributed by atoms with Gasteiger partial charge in [0.15, 0.2) is 6.61 Å². The average molecular weight is 290 g/mol. The van der Waals surface area contributed by atoms with Crippen LogP contribution in [0, 0.1) is 0 Å². The number of piperidine rings is 1. The Balaban J connectivity index is 1.85. The number of nitrogen functional groups attached to an aromatic ring is 1. The van der Waals surface area contributed by atoms with Gasteiger partial charge in [-0.3, -0.25) is 4.79 Å². The fraction of sp³-hybridized carbons (Fsp3) is 0.533. The Morgan fingerprint density at radius 1 is 1.33 bits per heavy atom. The minimum atomic E-state index is -0.141. The monoisotopic (exact) mass is 290 g/mol. The molecule has 0 bridgehead atoms. The molecule has 2 aliphatic heterocycles. The number of amides is 1. The summed E-state index contributed by atoms with van der Waals surface area (Å²) in [7, 11) is 0. The Morgan fingerprint density at radius 2 is 2.05 bits per heavy atom. The van der Waals surface area contributed by atoms with Gasteiger partial charge in [0.1, 0.15) is 5.75 Å². The second-order valence-electron chi connectivity index (χ2n) is 5.92. The van der Waals surface area contributed by atoms with E-state index >= 15 is 0 Å². The van der Waals surface area contributed by atoms with Crippen molar-refractivity contribution in [3.8, 4) is 5.75 Å². The third kappa shape index (κ3) is 2.76. The molecule has 2 unspecified atom stereocenters. The minimum absolute atomic E-state index is 0.0411. The van der Waals surface area contributed by atoms with E-state index in [1.54, 1.807) is 6.07 Å². The number of nitrogens with two attached hydrogens (primary N) is 1. The molecule has 2 aliphatic rings. The zero-order chi connectivity index (χ0) is 15.0. The summed E-state index contributed by atoms with van der Waals surface area (Å²) in [5.41, 5.74) is 11.6. The van der Waals surface area contributed by atoms with Crippen molar-refractivity contribution in [3.63, 3.8) is 0 Å². The average Bonchev–Trinajstić information content (AvgIpc) is 2.44. The Hall–Kier alpha value is -1.95. The highest BCUT2D eigenvalue weighted by Crippen LogP contribution is 2.36. The van der Waals surface area contributed by atoms with Crippen LogP contribution in [0.25, 0.3) is 0 Å². The summed E-state index contributed by atoms with van der Waals surface area (Å²) in [6.45, 7) is 4.46. The van der Waals surface area contributed by atoms with Crippen LogP contribution in [0.3, 0.4) is 0 Å². The highest BCUT2D eigenvalue weighted by Gasteiger charge is 2.26. The number of benzene rings is 1. The Bertz CT molecular complexity index is 551. The van der Waals surface area contributed by atoms with Crippen molar-refractivity contribution in [1.29, 1.82) is 0 Å². The molecule has 1 aromatic carbocycles. The van der Waals surface area contributed by atoms with E-state index in [-0.39, 0.29) is 12.5 Å². The summed E-state index contributed by atoms with van der Waals surface area (Å²) in [5.74, 6) is 0.482. The van der Waals surface area contributed by atoms with E-state index in [2.05, 4.69) is 29.6 Å². The van der Waals surface area contributed by atoms with Crippen molar-refractivity contribution in [1.82, 2.24) is 5.01 Å². The van der Waals surface area contributed by atoms with E-state index in [1.807, 2.05) is 6.07 Å². The number of anilines is 3. The first-order chi connectivity index (χ1) is 10.0. The lowest BCUT2D eigenvalue weighted by Gasteiger charge is -2.39. The van der Waals surface area contributed by atoms with Gasteiger partial charge in [-0.15, -0.1) is 0 Å². The molecule has 0 aromatic heterocycles. The molecule has 1 fully saturated rings. The van der Waals surface area contributed by atoms with Gasteiger partial charge in [-0.05, 0) is 32.8 Å². The maximum atomic E-state index is 11.4. The molecule has 4 N–H and O–H groups in total. The van der Waals surface area contributed by atoms with Crippen LogP contribution in [0.15, 0.2) is 12.1 Å². The zero-order valence-electron chi connectivity index (χ0n) is 12.5. The van der Waals surface area contributed by atoms with Gasteiger partial charge in [-0.2, -0.15) is 0 Å². The van der Waals surface area contributed by atoms with Crippen LogP contribution in [0.4, 0.5) is 17.1 Å². The summed E-state index contributed by atoms with van der Waals surface area (Å²) in [5, 5.41) is 5.05. The van der Waals surface area contributed by atoms with Crippen molar-refractivity contribution >= 4 is 23.0 Å². The highest BCUT2D eigenvalue weighted by molar-refractivity contribution is 5.97.